The number of hydrogen-bond donors (Lipinski definition) is 1. The monoisotopic (exact) mass is 411 g/mol. The largest absolute Gasteiger partial charge is 0.573 e. The van der Waals surface area contributed by atoms with Gasteiger partial charge in [0.2, 0.25) is 0 Å². The van der Waals surface area contributed by atoms with Crippen molar-refractivity contribution < 1.29 is 41.7 Å². The van der Waals surface area contributed by atoms with Gasteiger partial charge in [0.25, 0.3) is 5.91 Å². The maximum Gasteiger partial charge on any atom is 0.573 e. The van der Waals surface area contributed by atoms with Crippen LogP contribution >= 0.6 is 0 Å². The predicted molar refractivity (Wildman–Crippen MR) is 94.1 cm³/mol. The highest BCUT2D eigenvalue weighted by atomic mass is 19.4. The summed E-state index contributed by atoms with van der Waals surface area (Å²) in [5.41, 5.74) is 0.409. The molecule has 2 aromatic rings. The number of carbonyl (C=O) groups excluding carboxylic acids is 2. The molecule has 0 fully saturated rings. The zero-order valence-corrected chi connectivity index (χ0v) is 15.0. The van der Waals surface area contributed by atoms with E-state index < -0.39 is 30.6 Å². The summed E-state index contributed by atoms with van der Waals surface area (Å²) in [6, 6.07) is 9.03. The third-order valence-electron chi connectivity index (χ3n) is 3.69. The van der Waals surface area contributed by atoms with Gasteiger partial charge in [0.1, 0.15) is 5.75 Å². The van der Waals surface area contributed by atoms with Crippen molar-refractivity contribution in [3.63, 3.8) is 0 Å². The summed E-state index contributed by atoms with van der Waals surface area (Å²) in [4.78, 5) is 23.9. The molecule has 29 heavy (non-hydrogen) atoms. The average Bonchev–Trinajstić information content (AvgIpc) is 2.90. The van der Waals surface area contributed by atoms with E-state index in [9.17, 15) is 22.8 Å². The number of nitrogens with one attached hydrogen (secondary N) is 1. The van der Waals surface area contributed by atoms with Gasteiger partial charge in [0.15, 0.2) is 18.1 Å². The Morgan fingerprint density at radius 3 is 2.38 bits per heavy atom. The Morgan fingerprint density at radius 2 is 1.69 bits per heavy atom. The van der Waals surface area contributed by atoms with Crippen LogP contribution in [0.25, 0.3) is 0 Å². The van der Waals surface area contributed by atoms with Crippen LogP contribution in [0.15, 0.2) is 42.5 Å². The fraction of sp³-hybridized carbons (Fsp3) is 0.263. The number of halogens is 3. The summed E-state index contributed by atoms with van der Waals surface area (Å²) in [7, 11) is 0. The molecule has 1 N–H and O–H groups in total. The molecule has 2 aromatic carbocycles. The Bertz CT molecular complexity index is 883. The maximum atomic E-state index is 12.1. The quantitative estimate of drug-likeness (QED) is 0.758. The van der Waals surface area contributed by atoms with Crippen LogP contribution in [-0.2, 0) is 9.53 Å². The minimum Gasteiger partial charge on any atom is -0.490 e. The van der Waals surface area contributed by atoms with Gasteiger partial charge in [0.05, 0.1) is 18.8 Å². The zero-order valence-electron chi connectivity index (χ0n) is 15.0. The van der Waals surface area contributed by atoms with E-state index in [1.54, 1.807) is 18.2 Å². The summed E-state index contributed by atoms with van der Waals surface area (Å²) >= 11 is 0. The number of carbonyl (C=O) groups is 2. The van der Waals surface area contributed by atoms with E-state index >= 15 is 0 Å². The normalized spacial score (nSPS) is 13.2. The zero-order chi connectivity index (χ0) is 20.9. The number of esters is 1. The molecular formula is C19H16F3NO6. The maximum absolute atomic E-state index is 12.1. The number of alkyl halides is 3. The molecule has 1 aliphatic rings. The molecule has 0 saturated heterocycles. The minimum absolute atomic E-state index is 0.0251. The van der Waals surface area contributed by atoms with Gasteiger partial charge in [-0.15, -0.1) is 13.2 Å². The number of amides is 1. The van der Waals surface area contributed by atoms with Crippen LogP contribution in [0.1, 0.15) is 16.8 Å². The topological polar surface area (TPSA) is 83.1 Å². The Hall–Kier alpha value is -3.43. The van der Waals surface area contributed by atoms with Crippen LogP contribution in [0.4, 0.5) is 18.9 Å². The molecule has 0 aliphatic carbocycles. The first-order valence-electron chi connectivity index (χ1n) is 8.52. The molecule has 1 heterocycles. The summed E-state index contributed by atoms with van der Waals surface area (Å²) in [5.74, 6) is -0.855. The number of ether oxygens (including phenoxy) is 4. The molecule has 0 saturated carbocycles. The third kappa shape index (κ3) is 6.03. The molecule has 1 amide bonds. The number of hydrogen-bond acceptors (Lipinski definition) is 6. The van der Waals surface area contributed by atoms with Gasteiger partial charge < -0.3 is 24.3 Å². The SMILES string of the molecule is O=C(COC(=O)c1ccc(OC(F)(F)F)cc1)Nc1ccc2c(c1)OCCCO2. The van der Waals surface area contributed by atoms with Gasteiger partial charge in [-0.05, 0) is 36.4 Å². The van der Waals surface area contributed by atoms with E-state index in [1.807, 2.05) is 0 Å². The van der Waals surface area contributed by atoms with Gasteiger partial charge >= 0.3 is 12.3 Å². The molecule has 0 bridgehead atoms. The molecule has 10 heteroatoms. The first kappa shape index (κ1) is 20.3. The van der Waals surface area contributed by atoms with Crippen LogP contribution in [0.5, 0.6) is 17.2 Å². The molecular weight excluding hydrogens is 395 g/mol. The van der Waals surface area contributed by atoms with Gasteiger partial charge in [-0.3, -0.25) is 4.79 Å². The second-order valence-electron chi connectivity index (χ2n) is 5.91. The second kappa shape index (κ2) is 8.72. The van der Waals surface area contributed by atoms with E-state index in [0.29, 0.717) is 30.4 Å². The molecule has 1 aliphatic heterocycles. The van der Waals surface area contributed by atoms with Crippen molar-refractivity contribution in [3.05, 3.63) is 48.0 Å². The number of rotatable bonds is 5. The van der Waals surface area contributed by atoms with Crippen molar-refractivity contribution >= 4 is 17.6 Å². The third-order valence-corrected chi connectivity index (χ3v) is 3.69. The predicted octanol–water partition coefficient (Wildman–Crippen LogP) is 3.54. The Labute approximate surface area is 163 Å². The van der Waals surface area contributed by atoms with Crippen molar-refractivity contribution in [1.82, 2.24) is 0 Å². The van der Waals surface area contributed by atoms with E-state index in [-0.39, 0.29) is 5.56 Å². The number of fused-ring (bicyclic) bond motifs is 1. The van der Waals surface area contributed by atoms with Gasteiger partial charge in [-0.1, -0.05) is 0 Å². The van der Waals surface area contributed by atoms with Crippen molar-refractivity contribution in [2.75, 3.05) is 25.1 Å². The number of anilines is 1. The Morgan fingerprint density at radius 1 is 1.00 bits per heavy atom. The van der Waals surface area contributed by atoms with E-state index in [0.717, 1.165) is 30.7 Å². The number of benzene rings is 2. The van der Waals surface area contributed by atoms with Gasteiger partial charge in [-0.25, -0.2) is 4.79 Å². The van der Waals surface area contributed by atoms with Crippen LogP contribution in [0, 0.1) is 0 Å². The summed E-state index contributed by atoms with van der Waals surface area (Å²) < 4.78 is 56.0. The smallest absolute Gasteiger partial charge is 0.490 e. The van der Waals surface area contributed by atoms with E-state index in [2.05, 4.69) is 10.1 Å². The molecule has 0 aromatic heterocycles. The molecule has 0 unspecified atom stereocenters. The minimum atomic E-state index is -4.83. The van der Waals surface area contributed by atoms with E-state index in [1.165, 1.54) is 0 Å². The molecule has 0 radical (unpaired) electrons. The van der Waals surface area contributed by atoms with Crippen LogP contribution in [0.3, 0.4) is 0 Å². The molecule has 0 spiro atoms. The Balaban J connectivity index is 1.51. The van der Waals surface area contributed by atoms with Crippen molar-refractivity contribution in [3.8, 4) is 17.2 Å². The Kier molecular flexibility index (Phi) is 6.10. The van der Waals surface area contributed by atoms with Gasteiger partial charge in [-0.2, -0.15) is 0 Å². The molecule has 0 atom stereocenters. The lowest BCUT2D eigenvalue weighted by Crippen LogP contribution is -2.21. The summed E-state index contributed by atoms with van der Waals surface area (Å²) in [5, 5.41) is 2.56. The lowest BCUT2D eigenvalue weighted by atomic mass is 10.2. The highest BCUT2D eigenvalue weighted by Gasteiger charge is 2.31. The molecule has 154 valence electrons. The highest BCUT2D eigenvalue weighted by molar-refractivity contribution is 5.95. The van der Waals surface area contributed by atoms with Crippen molar-refractivity contribution in [2.24, 2.45) is 0 Å². The average molecular weight is 411 g/mol. The van der Waals surface area contributed by atoms with Crippen LogP contribution in [0.2, 0.25) is 0 Å². The van der Waals surface area contributed by atoms with E-state index in [4.69, 9.17) is 14.2 Å². The standard InChI is InChI=1S/C19H16F3NO6/c20-19(21,22)29-14-5-2-12(3-6-14)18(25)28-11-17(24)23-13-4-7-15-16(10-13)27-9-1-8-26-15/h2-7,10H,1,8-9,11H2,(H,23,24). The first-order valence-corrected chi connectivity index (χ1v) is 8.52. The second-order valence-corrected chi connectivity index (χ2v) is 5.91. The fourth-order valence-electron chi connectivity index (χ4n) is 2.45. The summed E-state index contributed by atoms with van der Waals surface area (Å²) in [6.45, 7) is 0.459. The molecule has 3 rings (SSSR count). The first-order chi connectivity index (χ1) is 13.8. The lowest BCUT2D eigenvalue weighted by Gasteiger charge is -2.11. The fourth-order valence-corrected chi connectivity index (χ4v) is 2.45. The van der Waals surface area contributed by atoms with Crippen LogP contribution < -0.4 is 19.5 Å². The lowest BCUT2D eigenvalue weighted by molar-refractivity contribution is -0.274. The van der Waals surface area contributed by atoms with Crippen LogP contribution in [-0.4, -0.2) is 38.1 Å². The van der Waals surface area contributed by atoms with Gasteiger partial charge in [0, 0.05) is 18.2 Å². The van der Waals surface area contributed by atoms with Crippen molar-refractivity contribution in [2.45, 2.75) is 12.8 Å². The highest BCUT2D eigenvalue weighted by Crippen LogP contribution is 2.32. The molecule has 7 nitrogen and oxygen atoms in total. The summed E-state index contributed by atoms with van der Waals surface area (Å²) in [6.07, 6.45) is -4.08. The van der Waals surface area contributed by atoms with Crippen molar-refractivity contribution in [1.29, 1.82) is 0 Å².